The first-order valence-electron chi connectivity index (χ1n) is 2.79. The van der Waals surface area contributed by atoms with Gasteiger partial charge in [-0.2, -0.15) is 17.9 Å². The van der Waals surface area contributed by atoms with Crippen molar-refractivity contribution in [2.45, 2.75) is 19.8 Å². The predicted octanol–water partition coefficient (Wildman–Crippen LogP) is 1.86. The molecule has 2 heteroatoms. The lowest BCUT2D eigenvalue weighted by Crippen LogP contribution is -1.93. The molecule has 0 rings (SSSR count). The minimum Gasteiger partial charge on any atom is -0.198 e. The molecule has 0 radical (unpaired) electrons. The lowest BCUT2D eigenvalue weighted by molar-refractivity contribution is 0.609. The van der Waals surface area contributed by atoms with Gasteiger partial charge in [-0.1, -0.05) is 6.92 Å². The minimum absolute atomic E-state index is 0.595. The summed E-state index contributed by atoms with van der Waals surface area (Å²) >= 11 is 4.08. The van der Waals surface area contributed by atoms with Crippen LogP contribution in [0.3, 0.4) is 0 Å². The van der Waals surface area contributed by atoms with Gasteiger partial charge in [0.25, 0.3) is 0 Å². The van der Waals surface area contributed by atoms with Crippen molar-refractivity contribution in [1.29, 1.82) is 5.26 Å². The Morgan fingerprint density at radius 2 is 2.38 bits per heavy atom. The molecule has 0 aliphatic rings. The fourth-order valence-corrected chi connectivity index (χ4v) is 0.585. The van der Waals surface area contributed by atoms with Crippen LogP contribution < -0.4 is 0 Å². The van der Waals surface area contributed by atoms with Gasteiger partial charge in [0.05, 0.1) is 6.07 Å². The van der Waals surface area contributed by atoms with Crippen LogP contribution in [0.25, 0.3) is 0 Å². The zero-order valence-corrected chi connectivity index (χ0v) is 5.99. The molecular formula is C6H11NS. The normalized spacial score (nSPS) is 12.6. The highest BCUT2D eigenvalue weighted by atomic mass is 32.1. The summed E-state index contributed by atoms with van der Waals surface area (Å²) in [6.07, 6.45) is 1.65. The molecular weight excluding hydrogens is 118 g/mol. The Morgan fingerprint density at radius 3 is 2.75 bits per heavy atom. The summed E-state index contributed by atoms with van der Waals surface area (Å²) in [4.78, 5) is 0. The molecule has 1 unspecified atom stereocenters. The third kappa shape index (κ3) is 4.01. The van der Waals surface area contributed by atoms with Crippen LogP contribution in [0.2, 0.25) is 0 Å². The van der Waals surface area contributed by atoms with E-state index in [4.69, 9.17) is 5.26 Å². The van der Waals surface area contributed by atoms with Crippen molar-refractivity contribution in [2.75, 3.05) is 5.75 Å². The van der Waals surface area contributed by atoms with Gasteiger partial charge in [0.1, 0.15) is 0 Å². The third-order valence-corrected chi connectivity index (χ3v) is 1.68. The van der Waals surface area contributed by atoms with E-state index in [9.17, 15) is 0 Å². The van der Waals surface area contributed by atoms with E-state index in [1.165, 1.54) is 0 Å². The minimum atomic E-state index is 0.595. The number of rotatable bonds is 3. The van der Waals surface area contributed by atoms with Gasteiger partial charge in [-0.15, -0.1) is 0 Å². The van der Waals surface area contributed by atoms with Gasteiger partial charge in [0.15, 0.2) is 0 Å². The first kappa shape index (κ1) is 7.84. The molecule has 0 heterocycles. The molecule has 0 N–H and O–H groups in total. The van der Waals surface area contributed by atoms with Crippen LogP contribution in [-0.2, 0) is 0 Å². The molecule has 0 saturated carbocycles. The lowest BCUT2D eigenvalue weighted by Gasteiger charge is -2.00. The molecule has 8 heavy (non-hydrogen) atoms. The van der Waals surface area contributed by atoms with Crippen LogP contribution in [0.4, 0.5) is 0 Å². The Morgan fingerprint density at radius 1 is 1.75 bits per heavy atom. The van der Waals surface area contributed by atoms with Gasteiger partial charge in [0.2, 0.25) is 0 Å². The van der Waals surface area contributed by atoms with Gasteiger partial charge >= 0.3 is 0 Å². The maximum Gasteiger partial charge on any atom is 0.0621 e. The third-order valence-electron chi connectivity index (χ3n) is 1.06. The summed E-state index contributed by atoms with van der Waals surface area (Å²) in [7, 11) is 0. The van der Waals surface area contributed by atoms with E-state index in [1.807, 2.05) is 0 Å². The molecule has 0 aliphatic carbocycles. The van der Waals surface area contributed by atoms with Crippen LogP contribution in [0.15, 0.2) is 0 Å². The second-order valence-corrected chi connectivity index (χ2v) is 2.35. The summed E-state index contributed by atoms with van der Waals surface area (Å²) in [5, 5.41) is 8.14. The Labute approximate surface area is 56.1 Å². The second-order valence-electron chi connectivity index (χ2n) is 1.98. The first-order chi connectivity index (χ1) is 3.81. The van der Waals surface area contributed by atoms with E-state index in [0.29, 0.717) is 12.3 Å². The SMILES string of the molecule is CC(CS)CCC#N. The van der Waals surface area contributed by atoms with Crippen LogP contribution >= 0.6 is 12.6 Å². The Bertz CT molecular complexity index is 85.0. The molecule has 0 aromatic heterocycles. The molecule has 46 valence electrons. The quantitative estimate of drug-likeness (QED) is 0.578. The van der Waals surface area contributed by atoms with Crippen molar-refractivity contribution in [3.05, 3.63) is 0 Å². The maximum absolute atomic E-state index is 8.14. The van der Waals surface area contributed by atoms with E-state index in [2.05, 4.69) is 25.6 Å². The topological polar surface area (TPSA) is 23.8 Å². The number of hydrogen-bond donors (Lipinski definition) is 1. The summed E-state index contributed by atoms with van der Waals surface area (Å²) in [6, 6.07) is 2.10. The Kier molecular flexibility index (Phi) is 4.89. The van der Waals surface area contributed by atoms with Gasteiger partial charge in [-0.25, -0.2) is 0 Å². The van der Waals surface area contributed by atoms with Crippen LogP contribution in [-0.4, -0.2) is 5.75 Å². The molecule has 0 fully saturated rings. The molecule has 1 atom stereocenters. The molecule has 0 amide bonds. The monoisotopic (exact) mass is 129 g/mol. The van der Waals surface area contributed by atoms with Crippen molar-refractivity contribution >= 4 is 12.6 Å². The largest absolute Gasteiger partial charge is 0.198 e. The molecule has 0 bridgehead atoms. The molecule has 0 aliphatic heterocycles. The maximum atomic E-state index is 8.14. The standard InChI is InChI=1S/C6H11NS/c1-6(5-8)3-2-4-7/h6,8H,2-3,5H2,1H3. The van der Waals surface area contributed by atoms with Crippen molar-refractivity contribution < 1.29 is 0 Å². The molecule has 0 aromatic rings. The van der Waals surface area contributed by atoms with E-state index >= 15 is 0 Å². The van der Waals surface area contributed by atoms with Crippen molar-refractivity contribution in [1.82, 2.24) is 0 Å². The zero-order chi connectivity index (χ0) is 6.41. The highest BCUT2D eigenvalue weighted by Crippen LogP contribution is 2.04. The smallest absolute Gasteiger partial charge is 0.0621 e. The fourth-order valence-electron chi connectivity index (χ4n) is 0.402. The summed E-state index contributed by atoms with van der Waals surface area (Å²) in [5.74, 6) is 1.49. The molecule has 1 nitrogen and oxygen atoms in total. The van der Waals surface area contributed by atoms with Crippen LogP contribution in [0.5, 0.6) is 0 Å². The summed E-state index contributed by atoms with van der Waals surface area (Å²) < 4.78 is 0. The number of nitrogens with zero attached hydrogens (tertiary/aromatic N) is 1. The fraction of sp³-hybridized carbons (Fsp3) is 0.833. The van der Waals surface area contributed by atoms with E-state index in [0.717, 1.165) is 12.2 Å². The lowest BCUT2D eigenvalue weighted by atomic mass is 10.1. The van der Waals surface area contributed by atoms with E-state index in [1.54, 1.807) is 0 Å². The molecule has 0 spiro atoms. The van der Waals surface area contributed by atoms with Crippen molar-refractivity contribution in [3.63, 3.8) is 0 Å². The second kappa shape index (κ2) is 4.99. The Hall–Kier alpha value is -0.160. The number of nitriles is 1. The zero-order valence-electron chi connectivity index (χ0n) is 5.09. The van der Waals surface area contributed by atoms with Crippen LogP contribution in [0.1, 0.15) is 19.8 Å². The predicted molar refractivity (Wildman–Crippen MR) is 37.9 cm³/mol. The first-order valence-corrected chi connectivity index (χ1v) is 3.42. The summed E-state index contributed by atoms with van der Waals surface area (Å²) in [6.45, 7) is 2.10. The van der Waals surface area contributed by atoms with E-state index < -0.39 is 0 Å². The molecule has 0 saturated heterocycles. The highest BCUT2D eigenvalue weighted by Gasteiger charge is 1.95. The van der Waals surface area contributed by atoms with Gasteiger partial charge < -0.3 is 0 Å². The molecule has 0 aromatic carbocycles. The Balaban J connectivity index is 3.01. The van der Waals surface area contributed by atoms with Gasteiger partial charge in [-0.05, 0) is 18.1 Å². The van der Waals surface area contributed by atoms with Gasteiger partial charge in [0, 0.05) is 6.42 Å². The average molecular weight is 129 g/mol. The van der Waals surface area contributed by atoms with E-state index in [-0.39, 0.29) is 0 Å². The number of hydrogen-bond acceptors (Lipinski definition) is 2. The van der Waals surface area contributed by atoms with Crippen LogP contribution in [0, 0.1) is 17.2 Å². The van der Waals surface area contributed by atoms with Crippen molar-refractivity contribution in [2.24, 2.45) is 5.92 Å². The summed E-state index contributed by atoms with van der Waals surface area (Å²) in [5.41, 5.74) is 0. The van der Waals surface area contributed by atoms with Crippen molar-refractivity contribution in [3.8, 4) is 6.07 Å². The highest BCUT2D eigenvalue weighted by molar-refractivity contribution is 7.80. The average Bonchev–Trinajstić information content (AvgIpc) is 1.83. The van der Waals surface area contributed by atoms with Gasteiger partial charge in [-0.3, -0.25) is 0 Å². The number of thiol groups is 1.